The Bertz CT molecular complexity index is 1080. The van der Waals surface area contributed by atoms with E-state index in [9.17, 15) is 4.79 Å². The summed E-state index contributed by atoms with van der Waals surface area (Å²) < 4.78 is 7.30. The topological polar surface area (TPSA) is 133 Å². The zero-order valence-corrected chi connectivity index (χ0v) is 19.9. The van der Waals surface area contributed by atoms with E-state index in [2.05, 4.69) is 30.7 Å². The number of imidazole rings is 1. The van der Waals surface area contributed by atoms with Gasteiger partial charge >= 0.3 is 6.09 Å². The zero-order valence-electron chi connectivity index (χ0n) is 19.9. The summed E-state index contributed by atoms with van der Waals surface area (Å²) in [7, 11) is 0. The average molecular weight is 483 g/mol. The fourth-order valence-corrected chi connectivity index (χ4v) is 5.14. The van der Waals surface area contributed by atoms with E-state index in [0.29, 0.717) is 5.95 Å². The van der Waals surface area contributed by atoms with Crippen molar-refractivity contribution in [2.45, 2.75) is 56.9 Å². The number of carbonyl (C=O) groups is 1. The number of H-pyrrole nitrogens is 1. The van der Waals surface area contributed by atoms with Crippen LogP contribution in [0.2, 0.25) is 0 Å². The molecular weight excluding hydrogens is 448 g/mol. The quantitative estimate of drug-likeness (QED) is 0.442. The first-order chi connectivity index (χ1) is 17.1. The number of nitrogens with one attached hydrogen (secondary N) is 3. The Kier molecular flexibility index (Phi) is 7.03. The third-order valence-corrected chi connectivity index (χ3v) is 7.12. The lowest BCUT2D eigenvalue weighted by atomic mass is 9.50. The molecule has 3 aromatic rings. The van der Waals surface area contributed by atoms with E-state index in [0.717, 1.165) is 68.8 Å². The molecule has 5 aliphatic rings. The molecule has 0 atom stereocenters. The van der Waals surface area contributed by atoms with E-state index in [-0.39, 0.29) is 5.54 Å². The van der Waals surface area contributed by atoms with Crippen LogP contribution in [0.15, 0.2) is 30.7 Å². The fraction of sp³-hybridized carbons (Fsp3) is 0.583. The lowest BCUT2D eigenvalue weighted by Gasteiger charge is -2.61. The van der Waals surface area contributed by atoms with Crippen molar-refractivity contribution in [1.29, 1.82) is 0 Å². The third kappa shape index (κ3) is 5.67. The Morgan fingerprint density at radius 3 is 2.37 bits per heavy atom. The van der Waals surface area contributed by atoms with Crippen LogP contribution in [0.5, 0.6) is 0 Å². The number of hydrogen-bond acceptors (Lipinski definition) is 7. The SMILES string of the molecule is C1CCCC1.O=C(O)NC12CC(C1)C2.c1cc(Nc2nc(N3CCOCC3)cc3nccn23)[nH]n1. The number of amides is 1. The highest BCUT2D eigenvalue weighted by molar-refractivity contribution is 5.66. The third-order valence-electron chi connectivity index (χ3n) is 7.12. The molecule has 0 radical (unpaired) electrons. The molecule has 4 N–H and O–H groups in total. The molecule has 2 bridgehead atoms. The second-order valence-corrected chi connectivity index (χ2v) is 9.74. The summed E-state index contributed by atoms with van der Waals surface area (Å²) in [5.41, 5.74) is 0.893. The molecule has 8 rings (SSSR count). The molecule has 11 nitrogen and oxygen atoms in total. The number of hydrogen-bond donors (Lipinski definition) is 4. The summed E-state index contributed by atoms with van der Waals surface area (Å²) >= 11 is 0. The molecule has 1 amide bonds. The highest BCUT2D eigenvalue weighted by Crippen LogP contribution is 2.56. The summed E-state index contributed by atoms with van der Waals surface area (Å²) in [6, 6.07) is 3.84. The normalized spacial score (nSPS) is 24.2. The van der Waals surface area contributed by atoms with Gasteiger partial charge in [-0.05, 0) is 25.2 Å². The Morgan fingerprint density at radius 1 is 1.11 bits per heavy atom. The predicted molar refractivity (Wildman–Crippen MR) is 132 cm³/mol. The van der Waals surface area contributed by atoms with Gasteiger partial charge in [0, 0.05) is 43.2 Å². The summed E-state index contributed by atoms with van der Waals surface area (Å²) in [5, 5.41) is 20.9. The van der Waals surface area contributed by atoms with Crippen molar-refractivity contribution in [1.82, 2.24) is 29.9 Å². The molecule has 4 heterocycles. The fourth-order valence-electron chi connectivity index (χ4n) is 5.14. The van der Waals surface area contributed by atoms with Gasteiger partial charge < -0.3 is 25.4 Å². The minimum atomic E-state index is -0.867. The largest absolute Gasteiger partial charge is 0.465 e. The van der Waals surface area contributed by atoms with Crippen molar-refractivity contribution < 1.29 is 14.6 Å². The number of ether oxygens (including phenoxy) is 1. The van der Waals surface area contributed by atoms with Gasteiger partial charge in [0.25, 0.3) is 0 Å². The minimum Gasteiger partial charge on any atom is -0.465 e. The number of rotatable bonds is 4. The lowest BCUT2D eigenvalue weighted by molar-refractivity contribution is -0.0448. The molecule has 1 aliphatic heterocycles. The Labute approximate surface area is 204 Å². The second kappa shape index (κ2) is 10.5. The van der Waals surface area contributed by atoms with Crippen LogP contribution in [-0.2, 0) is 4.74 Å². The lowest BCUT2D eigenvalue weighted by Crippen LogP contribution is -2.67. The molecule has 0 unspecified atom stereocenters. The number of fused-ring (bicyclic) bond motifs is 1. The minimum absolute atomic E-state index is 0.0382. The van der Waals surface area contributed by atoms with Crippen LogP contribution in [0.25, 0.3) is 5.65 Å². The number of aromatic amines is 1. The molecule has 11 heteroatoms. The highest BCUT2D eigenvalue weighted by Gasteiger charge is 2.57. The zero-order chi connectivity index (χ0) is 24.1. The van der Waals surface area contributed by atoms with Gasteiger partial charge in [0.1, 0.15) is 17.3 Å². The van der Waals surface area contributed by atoms with Crippen LogP contribution in [0.1, 0.15) is 51.4 Å². The van der Waals surface area contributed by atoms with Crippen LogP contribution in [0.3, 0.4) is 0 Å². The molecule has 1 saturated heterocycles. The Morgan fingerprint density at radius 2 is 1.83 bits per heavy atom. The van der Waals surface area contributed by atoms with Gasteiger partial charge in [0.15, 0.2) is 0 Å². The van der Waals surface area contributed by atoms with Crippen molar-refractivity contribution in [3.05, 3.63) is 30.7 Å². The first-order valence-electron chi connectivity index (χ1n) is 12.5. The van der Waals surface area contributed by atoms with Crippen LogP contribution in [-0.4, -0.2) is 67.6 Å². The van der Waals surface area contributed by atoms with Crippen LogP contribution in [0.4, 0.5) is 22.4 Å². The van der Waals surface area contributed by atoms with Crippen molar-refractivity contribution in [3.8, 4) is 0 Å². The van der Waals surface area contributed by atoms with Gasteiger partial charge in [0.05, 0.1) is 19.4 Å². The maximum absolute atomic E-state index is 10.1. The van der Waals surface area contributed by atoms with Crippen molar-refractivity contribution in [3.63, 3.8) is 0 Å². The number of anilines is 3. The first kappa shape index (κ1) is 23.4. The van der Waals surface area contributed by atoms with E-state index < -0.39 is 6.09 Å². The van der Waals surface area contributed by atoms with Crippen molar-refractivity contribution in [2.75, 3.05) is 36.5 Å². The van der Waals surface area contributed by atoms with E-state index in [1.807, 2.05) is 22.7 Å². The smallest absolute Gasteiger partial charge is 0.405 e. The molecule has 0 spiro atoms. The van der Waals surface area contributed by atoms with Crippen LogP contribution < -0.4 is 15.5 Å². The Hall–Kier alpha value is -3.34. The van der Waals surface area contributed by atoms with E-state index in [4.69, 9.17) is 14.8 Å². The van der Waals surface area contributed by atoms with E-state index in [1.54, 1.807) is 12.4 Å². The molecule has 3 aromatic heterocycles. The Balaban J connectivity index is 0.000000147. The average Bonchev–Trinajstić information content (AvgIpc) is 3.61. The molecule has 4 saturated carbocycles. The molecule has 5 fully saturated rings. The van der Waals surface area contributed by atoms with Crippen LogP contribution in [0, 0.1) is 5.92 Å². The predicted octanol–water partition coefficient (Wildman–Crippen LogP) is 3.79. The standard InChI is InChI=1S/C13H15N7O.C6H9NO2.C5H10/c1-2-15-18-10(1)16-13-17-12(19-5-7-21-8-6-19)9-11-14-3-4-20(11)13;8-5(9)7-6-1-4(2-6)3-6;1-2-4-5-3-1/h1-4,9H,5-8H2,(H2,15,16,17,18);4,7H,1-3H2,(H,8,9);1-5H2. The number of nitrogens with zero attached hydrogens (tertiary/aromatic N) is 5. The van der Waals surface area contributed by atoms with Crippen LogP contribution >= 0.6 is 0 Å². The van der Waals surface area contributed by atoms with Gasteiger partial charge in [0.2, 0.25) is 5.95 Å². The second-order valence-electron chi connectivity index (χ2n) is 9.74. The maximum atomic E-state index is 10.1. The summed E-state index contributed by atoms with van der Waals surface area (Å²) in [6.45, 7) is 3.13. The highest BCUT2D eigenvalue weighted by atomic mass is 16.5. The molecule has 188 valence electrons. The molecule has 35 heavy (non-hydrogen) atoms. The monoisotopic (exact) mass is 482 g/mol. The summed E-state index contributed by atoms with van der Waals surface area (Å²) in [4.78, 5) is 21.4. The number of aromatic nitrogens is 5. The molecular formula is C24H34N8O3. The molecule has 0 aromatic carbocycles. The van der Waals surface area contributed by atoms with Gasteiger partial charge in [-0.3, -0.25) is 9.50 Å². The van der Waals surface area contributed by atoms with Crippen molar-refractivity contribution in [2.24, 2.45) is 5.92 Å². The number of carboxylic acid groups (broad SMARTS) is 1. The van der Waals surface area contributed by atoms with Crippen molar-refractivity contribution >= 4 is 29.3 Å². The van der Waals surface area contributed by atoms with E-state index >= 15 is 0 Å². The van der Waals surface area contributed by atoms with Gasteiger partial charge in [-0.25, -0.2) is 9.78 Å². The molecule has 4 aliphatic carbocycles. The maximum Gasteiger partial charge on any atom is 0.405 e. The summed E-state index contributed by atoms with van der Waals surface area (Å²) in [5.74, 6) is 3.24. The van der Waals surface area contributed by atoms with Gasteiger partial charge in [-0.2, -0.15) is 10.1 Å². The van der Waals surface area contributed by atoms with Gasteiger partial charge in [-0.15, -0.1) is 0 Å². The van der Waals surface area contributed by atoms with E-state index in [1.165, 1.54) is 32.1 Å². The van der Waals surface area contributed by atoms with Gasteiger partial charge in [-0.1, -0.05) is 32.1 Å². The summed E-state index contributed by atoms with van der Waals surface area (Å²) in [6.07, 6.45) is 15.2. The number of morpholine rings is 1. The first-order valence-corrected chi connectivity index (χ1v) is 12.5.